The van der Waals surface area contributed by atoms with Crippen LogP contribution in [-0.2, 0) is 9.53 Å². The summed E-state index contributed by atoms with van der Waals surface area (Å²) in [6.07, 6.45) is 36.9. The van der Waals surface area contributed by atoms with Gasteiger partial charge in [0.05, 0.1) is 0 Å². The van der Waals surface area contributed by atoms with Crippen molar-refractivity contribution in [3.8, 4) is 0 Å². The van der Waals surface area contributed by atoms with Crippen LogP contribution in [0.4, 0.5) is 0 Å². The molecule has 0 spiro atoms. The maximum atomic E-state index is 12.8. The number of fused-ring (bicyclic) bond motifs is 5. The first-order valence-electron chi connectivity index (χ1n) is 21.5. The molecular weight excluding hydrogens is 572 g/mol. The SMILES string of the molecule is CCCCCCCCCCCCCCCC(=O)O[C@H]1CC[C@@]2(C)[C@@H](CC[C@H]3[C@@H]4CC[C@H]([C@H](C)CC[C@@H](CC)C(C)C)[C@@]4(C)C=C[C@@H]32)C1. The van der Waals surface area contributed by atoms with Crippen molar-refractivity contribution in [3.05, 3.63) is 12.2 Å². The summed E-state index contributed by atoms with van der Waals surface area (Å²) >= 11 is 0. The zero-order valence-electron chi connectivity index (χ0n) is 32.6. The molecule has 47 heavy (non-hydrogen) atoms. The van der Waals surface area contributed by atoms with Crippen molar-refractivity contribution in [2.24, 2.45) is 58.2 Å². The highest BCUT2D eigenvalue weighted by molar-refractivity contribution is 5.69. The van der Waals surface area contributed by atoms with E-state index in [1.807, 2.05) is 0 Å². The van der Waals surface area contributed by atoms with Gasteiger partial charge in [0.25, 0.3) is 0 Å². The van der Waals surface area contributed by atoms with Crippen LogP contribution in [0.25, 0.3) is 0 Å². The van der Waals surface area contributed by atoms with Crippen molar-refractivity contribution in [2.45, 2.75) is 209 Å². The molecule has 0 aromatic rings. The number of allylic oxidation sites excluding steroid dienone is 2. The van der Waals surface area contributed by atoms with Gasteiger partial charge in [-0.05, 0) is 116 Å². The Balaban J connectivity index is 1.16. The third-order valence-corrected chi connectivity index (χ3v) is 15.1. The van der Waals surface area contributed by atoms with Gasteiger partial charge in [0.1, 0.15) is 6.10 Å². The van der Waals surface area contributed by atoms with Crippen LogP contribution in [0.3, 0.4) is 0 Å². The summed E-state index contributed by atoms with van der Waals surface area (Å²) in [5, 5.41) is 0. The Morgan fingerprint density at radius 1 is 0.787 bits per heavy atom. The van der Waals surface area contributed by atoms with Crippen LogP contribution in [-0.4, -0.2) is 12.1 Å². The van der Waals surface area contributed by atoms with E-state index in [-0.39, 0.29) is 12.1 Å². The monoisotopic (exact) mass is 653 g/mol. The fraction of sp³-hybridized carbons (Fsp3) is 0.933. The average Bonchev–Trinajstić information content (AvgIpc) is 3.41. The van der Waals surface area contributed by atoms with Gasteiger partial charge < -0.3 is 4.74 Å². The summed E-state index contributed by atoms with van der Waals surface area (Å²) in [5.74, 6) is 6.61. The molecule has 0 amide bonds. The zero-order chi connectivity index (χ0) is 33.9. The maximum absolute atomic E-state index is 12.8. The first-order chi connectivity index (χ1) is 22.6. The quantitative estimate of drug-likeness (QED) is 0.0700. The Morgan fingerprint density at radius 3 is 2.04 bits per heavy atom. The van der Waals surface area contributed by atoms with Crippen LogP contribution < -0.4 is 0 Å². The predicted molar refractivity (Wildman–Crippen MR) is 202 cm³/mol. The molecule has 0 radical (unpaired) electrons. The van der Waals surface area contributed by atoms with Gasteiger partial charge >= 0.3 is 5.97 Å². The lowest BCUT2D eigenvalue weighted by Gasteiger charge is -2.59. The average molecular weight is 653 g/mol. The molecule has 272 valence electrons. The van der Waals surface area contributed by atoms with Crippen molar-refractivity contribution in [2.75, 3.05) is 0 Å². The molecule has 2 heteroatoms. The number of ether oxygens (including phenoxy) is 1. The van der Waals surface area contributed by atoms with Crippen molar-refractivity contribution in [1.82, 2.24) is 0 Å². The molecule has 4 aliphatic carbocycles. The van der Waals surface area contributed by atoms with Gasteiger partial charge in [-0.2, -0.15) is 0 Å². The summed E-state index contributed by atoms with van der Waals surface area (Å²) in [4.78, 5) is 12.8. The highest BCUT2D eigenvalue weighted by atomic mass is 16.5. The molecule has 0 N–H and O–H groups in total. The Bertz CT molecular complexity index is 936. The van der Waals surface area contributed by atoms with Crippen LogP contribution >= 0.6 is 0 Å². The van der Waals surface area contributed by atoms with Crippen LogP contribution in [0, 0.1) is 58.2 Å². The second-order valence-electron chi connectivity index (χ2n) is 18.3. The number of carbonyl (C=O) groups is 1. The van der Waals surface area contributed by atoms with Crippen LogP contribution in [0.2, 0.25) is 0 Å². The van der Waals surface area contributed by atoms with E-state index in [2.05, 4.69) is 60.6 Å². The normalized spacial score (nSPS) is 34.5. The predicted octanol–water partition coefficient (Wildman–Crippen LogP) is 13.9. The van der Waals surface area contributed by atoms with E-state index in [4.69, 9.17) is 4.74 Å². The van der Waals surface area contributed by atoms with Gasteiger partial charge in [0.15, 0.2) is 0 Å². The molecule has 0 unspecified atom stereocenters. The molecule has 0 aromatic heterocycles. The van der Waals surface area contributed by atoms with Gasteiger partial charge in [-0.15, -0.1) is 0 Å². The molecular formula is C45H80O2. The van der Waals surface area contributed by atoms with Crippen molar-refractivity contribution in [1.29, 1.82) is 0 Å². The minimum Gasteiger partial charge on any atom is -0.462 e. The van der Waals surface area contributed by atoms with Gasteiger partial charge in [-0.25, -0.2) is 0 Å². The van der Waals surface area contributed by atoms with Gasteiger partial charge in [-0.3, -0.25) is 4.79 Å². The summed E-state index contributed by atoms with van der Waals surface area (Å²) in [6, 6.07) is 0. The van der Waals surface area contributed by atoms with E-state index in [9.17, 15) is 4.79 Å². The van der Waals surface area contributed by atoms with E-state index < -0.39 is 0 Å². The number of carbonyl (C=O) groups excluding carboxylic acids is 1. The highest BCUT2D eigenvalue weighted by Crippen LogP contribution is 2.66. The van der Waals surface area contributed by atoms with E-state index >= 15 is 0 Å². The van der Waals surface area contributed by atoms with E-state index in [0.717, 1.165) is 60.7 Å². The smallest absolute Gasteiger partial charge is 0.306 e. The van der Waals surface area contributed by atoms with E-state index in [1.54, 1.807) is 0 Å². The highest BCUT2D eigenvalue weighted by Gasteiger charge is 2.59. The number of hydrogen-bond acceptors (Lipinski definition) is 2. The Labute approximate surface area is 293 Å². The number of unbranched alkanes of at least 4 members (excludes halogenated alkanes) is 12. The molecule has 3 fully saturated rings. The minimum absolute atomic E-state index is 0.0773. The summed E-state index contributed by atoms with van der Waals surface area (Å²) in [6.45, 7) is 17.4. The lowest BCUT2D eigenvalue weighted by atomic mass is 9.46. The standard InChI is InChI=1S/C45H80O2/c1-8-10-11-12-13-14-15-16-17-18-19-20-21-22-43(46)47-38-29-31-44(6)37(33-38)25-26-39-41-28-27-40(45(41,7)32-30-42(39)44)35(5)23-24-36(9-2)34(3)4/h30,32,34-42H,8-29,31,33H2,1-7H3/t35-,36-,37+,38+,39+,40-,41+,42+,44+,45-/m1/s1. The molecule has 0 saturated heterocycles. The minimum atomic E-state index is 0.0773. The van der Waals surface area contributed by atoms with Gasteiger partial charge in [0.2, 0.25) is 0 Å². The Morgan fingerprint density at radius 2 is 1.43 bits per heavy atom. The van der Waals surface area contributed by atoms with Crippen LogP contribution in [0.15, 0.2) is 12.2 Å². The lowest BCUT2D eigenvalue weighted by molar-refractivity contribution is -0.157. The van der Waals surface area contributed by atoms with E-state index in [0.29, 0.717) is 23.2 Å². The number of hydrogen-bond donors (Lipinski definition) is 0. The third kappa shape index (κ3) is 10.1. The zero-order valence-corrected chi connectivity index (χ0v) is 32.6. The maximum Gasteiger partial charge on any atom is 0.306 e. The fourth-order valence-electron chi connectivity index (χ4n) is 11.9. The summed E-state index contributed by atoms with van der Waals surface area (Å²) in [7, 11) is 0. The summed E-state index contributed by atoms with van der Waals surface area (Å²) in [5.41, 5.74) is 0.775. The topological polar surface area (TPSA) is 26.3 Å². The van der Waals surface area contributed by atoms with E-state index in [1.165, 1.54) is 128 Å². The molecule has 0 aromatic carbocycles. The van der Waals surface area contributed by atoms with Crippen molar-refractivity contribution < 1.29 is 9.53 Å². The molecule has 0 bridgehead atoms. The first-order valence-corrected chi connectivity index (χ1v) is 21.5. The molecule has 3 saturated carbocycles. The number of rotatable bonds is 21. The molecule has 0 heterocycles. The number of esters is 1. The van der Waals surface area contributed by atoms with Crippen LogP contribution in [0.1, 0.15) is 203 Å². The molecule has 4 aliphatic rings. The Hall–Kier alpha value is -0.790. The van der Waals surface area contributed by atoms with Gasteiger partial charge in [0, 0.05) is 6.42 Å². The molecule has 10 atom stereocenters. The van der Waals surface area contributed by atoms with Crippen LogP contribution in [0.5, 0.6) is 0 Å². The second-order valence-corrected chi connectivity index (χ2v) is 18.3. The molecule has 0 aliphatic heterocycles. The molecule has 4 rings (SSSR count). The first kappa shape index (κ1) is 39.0. The molecule has 2 nitrogen and oxygen atoms in total. The van der Waals surface area contributed by atoms with Gasteiger partial charge in [-0.1, -0.05) is 151 Å². The third-order valence-electron chi connectivity index (χ3n) is 15.1. The fourth-order valence-corrected chi connectivity index (χ4v) is 11.9. The van der Waals surface area contributed by atoms with Crippen molar-refractivity contribution in [3.63, 3.8) is 0 Å². The second kappa shape index (κ2) is 19.0. The van der Waals surface area contributed by atoms with Crippen molar-refractivity contribution >= 4 is 5.97 Å². The summed E-state index contributed by atoms with van der Waals surface area (Å²) < 4.78 is 6.16. The largest absolute Gasteiger partial charge is 0.462 e. The lowest BCUT2D eigenvalue weighted by Crippen LogP contribution is -2.52. The Kier molecular flexibility index (Phi) is 15.8.